The fourth-order valence-electron chi connectivity index (χ4n) is 0.790. The zero-order chi connectivity index (χ0) is 8.10. The Kier molecular flexibility index (Phi) is 2.81. The summed E-state index contributed by atoms with van der Waals surface area (Å²) in [5, 5.41) is 8.41. The number of benzene rings is 1. The van der Waals surface area contributed by atoms with Crippen LogP contribution in [0.4, 0.5) is 4.39 Å². The third-order valence-electron chi connectivity index (χ3n) is 1.31. The number of halogens is 1. The Balaban J connectivity index is 2.86. The van der Waals surface area contributed by atoms with E-state index >= 15 is 0 Å². The molecule has 0 fully saturated rings. The third kappa shape index (κ3) is 2.16. The number of rotatable bonds is 2. The summed E-state index contributed by atoms with van der Waals surface area (Å²) in [7, 11) is 0. The van der Waals surface area contributed by atoms with Crippen molar-refractivity contribution in [2.45, 2.75) is 0 Å². The largest absolute Gasteiger partial charge is 0.392 e. The maximum Gasteiger partial charge on any atom is 0.130 e. The highest BCUT2D eigenvalue weighted by Crippen LogP contribution is 2.07. The standard InChI is InChI=1S/C9H9FO/c10-9-6-2-1-4-8(9)5-3-7-11/h1-6,11H,7H2/b5-3-. The van der Waals surface area contributed by atoms with Gasteiger partial charge in [0.2, 0.25) is 0 Å². The minimum Gasteiger partial charge on any atom is -0.392 e. The molecule has 58 valence electrons. The topological polar surface area (TPSA) is 20.2 Å². The summed E-state index contributed by atoms with van der Waals surface area (Å²) >= 11 is 0. The van der Waals surface area contributed by atoms with Crippen LogP contribution in [-0.4, -0.2) is 11.7 Å². The maximum absolute atomic E-state index is 12.8. The van der Waals surface area contributed by atoms with Crippen LogP contribution in [0, 0.1) is 5.82 Å². The van der Waals surface area contributed by atoms with Gasteiger partial charge in [0.15, 0.2) is 0 Å². The number of hydrogen-bond acceptors (Lipinski definition) is 1. The Morgan fingerprint density at radius 3 is 2.73 bits per heavy atom. The van der Waals surface area contributed by atoms with Crippen molar-refractivity contribution in [2.24, 2.45) is 0 Å². The van der Waals surface area contributed by atoms with Gasteiger partial charge in [0.25, 0.3) is 0 Å². The number of hydrogen-bond donors (Lipinski definition) is 1. The van der Waals surface area contributed by atoms with Crippen molar-refractivity contribution in [3.8, 4) is 0 Å². The Morgan fingerprint density at radius 2 is 2.09 bits per heavy atom. The molecule has 0 radical (unpaired) electrons. The fourth-order valence-corrected chi connectivity index (χ4v) is 0.790. The molecular weight excluding hydrogens is 143 g/mol. The molecule has 0 saturated heterocycles. The van der Waals surface area contributed by atoms with Crippen LogP contribution in [0.25, 0.3) is 6.08 Å². The van der Waals surface area contributed by atoms with E-state index in [2.05, 4.69) is 0 Å². The van der Waals surface area contributed by atoms with E-state index in [0.717, 1.165) is 0 Å². The minimum absolute atomic E-state index is 0.0612. The van der Waals surface area contributed by atoms with E-state index in [9.17, 15) is 4.39 Å². The van der Waals surface area contributed by atoms with Crippen molar-refractivity contribution in [1.29, 1.82) is 0 Å². The summed E-state index contributed by atoms with van der Waals surface area (Å²) in [6, 6.07) is 6.42. The lowest BCUT2D eigenvalue weighted by Crippen LogP contribution is -1.80. The van der Waals surface area contributed by atoms with E-state index in [1.54, 1.807) is 24.3 Å². The molecule has 0 aromatic heterocycles. The second-order valence-electron chi connectivity index (χ2n) is 2.11. The van der Waals surface area contributed by atoms with Gasteiger partial charge < -0.3 is 5.11 Å². The highest BCUT2D eigenvalue weighted by molar-refractivity contribution is 5.49. The van der Waals surface area contributed by atoms with Gasteiger partial charge in [-0.3, -0.25) is 0 Å². The third-order valence-corrected chi connectivity index (χ3v) is 1.31. The molecule has 1 aromatic carbocycles. The van der Waals surface area contributed by atoms with E-state index in [1.165, 1.54) is 12.1 Å². The first-order valence-electron chi connectivity index (χ1n) is 3.36. The summed E-state index contributed by atoms with van der Waals surface area (Å²) in [5.74, 6) is -0.266. The van der Waals surface area contributed by atoms with Crippen molar-refractivity contribution in [1.82, 2.24) is 0 Å². The Morgan fingerprint density at radius 1 is 1.36 bits per heavy atom. The first-order valence-corrected chi connectivity index (χ1v) is 3.36. The summed E-state index contributed by atoms with van der Waals surface area (Å²) in [6.07, 6.45) is 3.05. The lowest BCUT2D eigenvalue weighted by atomic mass is 10.2. The molecule has 0 amide bonds. The number of aliphatic hydroxyl groups excluding tert-OH is 1. The van der Waals surface area contributed by atoms with Crippen LogP contribution < -0.4 is 0 Å². The van der Waals surface area contributed by atoms with Gasteiger partial charge in [0, 0.05) is 5.56 Å². The molecule has 0 aliphatic carbocycles. The Hall–Kier alpha value is -1.15. The van der Waals surface area contributed by atoms with Crippen LogP contribution in [0.5, 0.6) is 0 Å². The summed E-state index contributed by atoms with van der Waals surface area (Å²) in [5.41, 5.74) is 0.501. The molecule has 1 rings (SSSR count). The summed E-state index contributed by atoms with van der Waals surface area (Å²) in [4.78, 5) is 0. The second kappa shape index (κ2) is 3.88. The Labute approximate surface area is 64.8 Å². The van der Waals surface area contributed by atoms with Gasteiger partial charge >= 0.3 is 0 Å². The number of aliphatic hydroxyl groups is 1. The zero-order valence-corrected chi connectivity index (χ0v) is 6.00. The molecule has 0 aliphatic rings. The predicted octanol–water partition coefficient (Wildman–Crippen LogP) is 1.83. The molecule has 2 heteroatoms. The van der Waals surface area contributed by atoms with Gasteiger partial charge in [-0.2, -0.15) is 0 Å². The molecule has 11 heavy (non-hydrogen) atoms. The first kappa shape index (κ1) is 7.95. The van der Waals surface area contributed by atoms with Gasteiger partial charge in [0.05, 0.1) is 6.61 Å². The van der Waals surface area contributed by atoms with Crippen LogP contribution in [0.1, 0.15) is 5.56 Å². The second-order valence-corrected chi connectivity index (χ2v) is 2.11. The molecule has 1 N–H and O–H groups in total. The Bertz CT molecular complexity index is 255. The van der Waals surface area contributed by atoms with E-state index in [-0.39, 0.29) is 12.4 Å². The highest BCUT2D eigenvalue weighted by Gasteiger charge is 1.92. The molecule has 0 saturated carbocycles. The maximum atomic E-state index is 12.8. The fraction of sp³-hybridized carbons (Fsp3) is 0.111. The van der Waals surface area contributed by atoms with Crippen molar-refractivity contribution < 1.29 is 9.50 Å². The molecule has 0 atom stereocenters. The lowest BCUT2D eigenvalue weighted by molar-refractivity contribution is 0.343. The quantitative estimate of drug-likeness (QED) is 0.685. The van der Waals surface area contributed by atoms with Crippen LogP contribution >= 0.6 is 0 Å². The van der Waals surface area contributed by atoms with Gasteiger partial charge in [-0.15, -0.1) is 0 Å². The summed E-state index contributed by atoms with van der Waals surface area (Å²) in [6.45, 7) is -0.0612. The van der Waals surface area contributed by atoms with Crippen LogP contribution in [0.3, 0.4) is 0 Å². The molecule has 0 unspecified atom stereocenters. The first-order chi connectivity index (χ1) is 5.34. The minimum atomic E-state index is -0.266. The van der Waals surface area contributed by atoms with Gasteiger partial charge in [0.1, 0.15) is 5.82 Å². The van der Waals surface area contributed by atoms with Crippen LogP contribution in [0.2, 0.25) is 0 Å². The predicted molar refractivity (Wildman–Crippen MR) is 42.5 cm³/mol. The van der Waals surface area contributed by atoms with Crippen molar-refractivity contribution in [3.63, 3.8) is 0 Å². The summed E-state index contributed by atoms with van der Waals surface area (Å²) < 4.78 is 12.8. The molecular formula is C9H9FO. The monoisotopic (exact) mass is 152 g/mol. The van der Waals surface area contributed by atoms with Gasteiger partial charge in [-0.05, 0) is 6.07 Å². The van der Waals surface area contributed by atoms with E-state index in [1.807, 2.05) is 0 Å². The van der Waals surface area contributed by atoms with Crippen LogP contribution in [0.15, 0.2) is 30.3 Å². The average molecular weight is 152 g/mol. The van der Waals surface area contributed by atoms with Crippen molar-refractivity contribution in [3.05, 3.63) is 41.7 Å². The molecule has 0 heterocycles. The molecule has 0 aliphatic heterocycles. The normalized spacial score (nSPS) is 10.7. The van der Waals surface area contributed by atoms with E-state index in [4.69, 9.17) is 5.11 Å². The molecule has 0 spiro atoms. The molecule has 0 bridgehead atoms. The van der Waals surface area contributed by atoms with Crippen LogP contribution in [-0.2, 0) is 0 Å². The van der Waals surface area contributed by atoms with Gasteiger partial charge in [-0.1, -0.05) is 30.4 Å². The van der Waals surface area contributed by atoms with Gasteiger partial charge in [-0.25, -0.2) is 4.39 Å². The average Bonchev–Trinajstić information content (AvgIpc) is 2.03. The van der Waals surface area contributed by atoms with E-state index in [0.29, 0.717) is 5.56 Å². The zero-order valence-electron chi connectivity index (χ0n) is 6.00. The molecule has 1 aromatic rings. The SMILES string of the molecule is OC/C=C\c1ccccc1F. The highest BCUT2D eigenvalue weighted by atomic mass is 19.1. The van der Waals surface area contributed by atoms with Crippen molar-refractivity contribution >= 4 is 6.08 Å². The molecule has 1 nitrogen and oxygen atoms in total. The van der Waals surface area contributed by atoms with E-state index < -0.39 is 0 Å². The smallest absolute Gasteiger partial charge is 0.130 e. The van der Waals surface area contributed by atoms with Crippen molar-refractivity contribution in [2.75, 3.05) is 6.61 Å². The lowest BCUT2D eigenvalue weighted by Gasteiger charge is -1.93.